The summed E-state index contributed by atoms with van der Waals surface area (Å²) in [6.07, 6.45) is 2.86. The van der Waals surface area contributed by atoms with Crippen molar-refractivity contribution in [2.45, 2.75) is 23.8 Å². The van der Waals surface area contributed by atoms with Crippen LogP contribution in [0.2, 0.25) is 0 Å². The monoisotopic (exact) mass is 230 g/mol. The fourth-order valence-electron chi connectivity index (χ4n) is 1.14. The van der Waals surface area contributed by atoms with E-state index in [0.717, 1.165) is 18.9 Å². The zero-order valence-corrected chi connectivity index (χ0v) is 8.54. The van der Waals surface area contributed by atoms with Crippen molar-refractivity contribution in [3.63, 3.8) is 0 Å². The molecule has 0 unspecified atom stereocenters. The highest BCUT2D eigenvalue weighted by atomic mass is 32.2. The Bertz CT molecular complexity index is 486. The van der Waals surface area contributed by atoms with Gasteiger partial charge in [0.1, 0.15) is 10.6 Å². The Balaban J connectivity index is 2.23. The van der Waals surface area contributed by atoms with Crippen molar-refractivity contribution in [1.82, 2.24) is 9.71 Å². The number of sulfonamides is 1. The average molecular weight is 230 g/mol. The van der Waals surface area contributed by atoms with E-state index in [1.54, 1.807) is 0 Å². The van der Waals surface area contributed by atoms with Crippen LogP contribution in [0.3, 0.4) is 0 Å². The molecule has 6 nitrogen and oxygen atoms in total. The number of H-pyrrole nitrogens is 1. The van der Waals surface area contributed by atoms with Crippen molar-refractivity contribution in [2.24, 2.45) is 0 Å². The Morgan fingerprint density at radius 3 is 2.67 bits per heavy atom. The van der Waals surface area contributed by atoms with Crippen LogP contribution in [0, 0.1) is 0 Å². The van der Waals surface area contributed by atoms with Gasteiger partial charge in [-0.1, -0.05) is 0 Å². The topological polar surface area (TPSA) is 99.3 Å². The van der Waals surface area contributed by atoms with Gasteiger partial charge in [0.25, 0.3) is 0 Å². The number of carbonyl (C=O) groups is 1. The summed E-state index contributed by atoms with van der Waals surface area (Å²) in [5.41, 5.74) is -0.133. The van der Waals surface area contributed by atoms with Crippen LogP contribution in [0.1, 0.15) is 23.3 Å². The summed E-state index contributed by atoms with van der Waals surface area (Å²) in [4.78, 5) is 12.9. The van der Waals surface area contributed by atoms with Gasteiger partial charge in [0.2, 0.25) is 10.0 Å². The Morgan fingerprint density at radius 1 is 1.53 bits per heavy atom. The van der Waals surface area contributed by atoms with E-state index >= 15 is 0 Å². The van der Waals surface area contributed by atoms with Gasteiger partial charge in [0, 0.05) is 12.2 Å². The number of aromatic carboxylic acids is 1. The second-order valence-electron chi connectivity index (χ2n) is 3.45. The fourth-order valence-corrected chi connectivity index (χ4v) is 2.44. The van der Waals surface area contributed by atoms with E-state index in [2.05, 4.69) is 9.71 Å². The molecule has 0 atom stereocenters. The van der Waals surface area contributed by atoms with Gasteiger partial charge in [-0.3, -0.25) is 0 Å². The zero-order valence-electron chi connectivity index (χ0n) is 7.73. The molecule has 0 aliphatic heterocycles. The molecule has 1 heterocycles. The molecule has 0 saturated heterocycles. The third kappa shape index (κ3) is 2.18. The second kappa shape index (κ2) is 3.35. The quantitative estimate of drug-likeness (QED) is 0.685. The van der Waals surface area contributed by atoms with Gasteiger partial charge in [-0.2, -0.15) is 0 Å². The molecule has 0 radical (unpaired) electrons. The summed E-state index contributed by atoms with van der Waals surface area (Å²) in [6, 6.07) is 1.12. The molecule has 1 aromatic heterocycles. The molecule has 15 heavy (non-hydrogen) atoms. The number of hydrogen-bond donors (Lipinski definition) is 3. The van der Waals surface area contributed by atoms with E-state index in [1.807, 2.05) is 0 Å². The number of aromatic amines is 1. The Morgan fingerprint density at radius 2 is 2.20 bits per heavy atom. The minimum absolute atomic E-state index is 0.0122. The fraction of sp³-hybridized carbons (Fsp3) is 0.375. The van der Waals surface area contributed by atoms with Crippen molar-refractivity contribution < 1.29 is 18.3 Å². The van der Waals surface area contributed by atoms with E-state index in [0.29, 0.717) is 0 Å². The zero-order chi connectivity index (χ0) is 11.1. The highest BCUT2D eigenvalue weighted by Gasteiger charge is 2.28. The van der Waals surface area contributed by atoms with E-state index in [-0.39, 0.29) is 16.6 Å². The summed E-state index contributed by atoms with van der Waals surface area (Å²) in [5, 5.41) is 8.61. The molecule has 1 saturated carbocycles. The van der Waals surface area contributed by atoms with Gasteiger partial charge >= 0.3 is 5.97 Å². The van der Waals surface area contributed by atoms with Crippen LogP contribution in [0.4, 0.5) is 0 Å². The molecule has 82 valence electrons. The molecule has 3 N–H and O–H groups in total. The lowest BCUT2D eigenvalue weighted by molar-refractivity contribution is 0.0691. The molecule has 1 aliphatic rings. The second-order valence-corrected chi connectivity index (χ2v) is 5.16. The van der Waals surface area contributed by atoms with Gasteiger partial charge < -0.3 is 10.1 Å². The lowest BCUT2D eigenvalue weighted by Crippen LogP contribution is -2.25. The van der Waals surface area contributed by atoms with Gasteiger partial charge in [0.15, 0.2) is 0 Å². The van der Waals surface area contributed by atoms with Crippen LogP contribution in [-0.2, 0) is 10.0 Å². The van der Waals surface area contributed by atoms with Crippen LogP contribution in [0.15, 0.2) is 17.2 Å². The van der Waals surface area contributed by atoms with E-state index < -0.39 is 16.0 Å². The van der Waals surface area contributed by atoms with Gasteiger partial charge in [-0.05, 0) is 18.9 Å². The van der Waals surface area contributed by atoms with Gasteiger partial charge in [0.05, 0.1) is 0 Å². The van der Waals surface area contributed by atoms with Crippen molar-refractivity contribution in [3.8, 4) is 0 Å². The predicted octanol–water partition coefficient (Wildman–Crippen LogP) is 0.154. The lowest BCUT2D eigenvalue weighted by Gasteiger charge is -2.01. The Labute approximate surface area is 86.4 Å². The first-order chi connectivity index (χ1) is 6.99. The van der Waals surface area contributed by atoms with Crippen LogP contribution >= 0.6 is 0 Å². The maximum atomic E-state index is 11.6. The molecule has 7 heteroatoms. The molecule has 0 amide bonds. The highest BCUT2D eigenvalue weighted by Crippen LogP contribution is 2.22. The third-order valence-corrected chi connectivity index (χ3v) is 3.60. The first-order valence-corrected chi connectivity index (χ1v) is 5.91. The smallest absolute Gasteiger partial charge is 0.352 e. The van der Waals surface area contributed by atoms with Crippen molar-refractivity contribution in [3.05, 3.63) is 18.0 Å². The third-order valence-electron chi connectivity index (χ3n) is 2.10. The van der Waals surface area contributed by atoms with Crippen LogP contribution in [0.5, 0.6) is 0 Å². The SMILES string of the molecule is O=C(O)c1cc(S(=O)(=O)NC2CC2)c[nH]1. The minimum atomic E-state index is -3.55. The summed E-state index contributed by atoms with van der Waals surface area (Å²) in [5.74, 6) is -1.18. The van der Waals surface area contributed by atoms with Crippen LogP contribution in [0.25, 0.3) is 0 Å². The first kappa shape index (κ1) is 10.2. The number of nitrogens with one attached hydrogen (secondary N) is 2. The molecule has 1 fully saturated rings. The number of aromatic nitrogens is 1. The molecule has 2 rings (SSSR count). The van der Waals surface area contributed by atoms with E-state index in [4.69, 9.17) is 5.11 Å². The maximum absolute atomic E-state index is 11.6. The Hall–Kier alpha value is -1.34. The normalized spacial score (nSPS) is 16.5. The molecule has 0 spiro atoms. The summed E-state index contributed by atoms with van der Waals surface area (Å²) < 4.78 is 25.6. The van der Waals surface area contributed by atoms with Gasteiger partial charge in [-0.15, -0.1) is 0 Å². The van der Waals surface area contributed by atoms with Crippen molar-refractivity contribution in [2.75, 3.05) is 0 Å². The summed E-state index contributed by atoms with van der Waals surface area (Å²) in [7, 11) is -3.55. The number of carboxylic acid groups (broad SMARTS) is 1. The standard InChI is InChI=1S/C8H10N2O4S/c11-8(12)7-3-6(4-9-7)15(13,14)10-5-1-2-5/h3-5,9-10H,1-2H2,(H,11,12). The summed E-state index contributed by atoms with van der Waals surface area (Å²) in [6.45, 7) is 0. The predicted molar refractivity (Wildman–Crippen MR) is 51.1 cm³/mol. The maximum Gasteiger partial charge on any atom is 0.352 e. The molecule has 0 aromatic carbocycles. The molecule has 1 aromatic rings. The molecule has 0 bridgehead atoms. The molecular weight excluding hydrogens is 220 g/mol. The van der Waals surface area contributed by atoms with E-state index in [9.17, 15) is 13.2 Å². The number of rotatable bonds is 4. The van der Waals surface area contributed by atoms with Crippen LogP contribution < -0.4 is 4.72 Å². The average Bonchev–Trinajstić information content (AvgIpc) is 2.80. The van der Waals surface area contributed by atoms with Crippen molar-refractivity contribution >= 4 is 16.0 Å². The summed E-state index contributed by atoms with van der Waals surface area (Å²) >= 11 is 0. The number of hydrogen-bond acceptors (Lipinski definition) is 3. The molecular formula is C8H10N2O4S. The minimum Gasteiger partial charge on any atom is -0.477 e. The largest absolute Gasteiger partial charge is 0.477 e. The van der Waals surface area contributed by atoms with Gasteiger partial charge in [-0.25, -0.2) is 17.9 Å². The number of carboxylic acids is 1. The van der Waals surface area contributed by atoms with E-state index in [1.165, 1.54) is 6.20 Å². The first-order valence-electron chi connectivity index (χ1n) is 4.43. The highest BCUT2D eigenvalue weighted by molar-refractivity contribution is 7.89. The van der Waals surface area contributed by atoms with Crippen LogP contribution in [-0.4, -0.2) is 30.5 Å². The lowest BCUT2D eigenvalue weighted by atomic mass is 10.4. The van der Waals surface area contributed by atoms with Crippen molar-refractivity contribution in [1.29, 1.82) is 0 Å². The molecule has 1 aliphatic carbocycles. The Kier molecular flexibility index (Phi) is 2.28.